The summed E-state index contributed by atoms with van der Waals surface area (Å²) in [6.07, 6.45) is -25.9. The smallest absolute Gasteiger partial charge is 0.342 e. The van der Waals surface area contributed by atoms with Crippen LogP contribution in [0.2, 0.25) is 0 Å². The summed E-state index contributed by atoms with van der Waals surface area (Å²) in [4.78, 5) is 116. The standard InChI is InChI=1S/C68H48O44/c69-20-1-12(2-21(70)37(20)77)59(92)102-10-29-54(56-58(67(100)105-29)112-65(98)17-7-26(75)41(81)48(88)34(17)32-15(63(96)110-56)5-24(73)39(79)46(32)86)108-66(99)19-8-27(76)43(83)51(91)52(19)104-28-9-18-36(50(90)44(28)84)35-13(3-22(71)42(82)49(35)89)61(94)107-53-30(11-103-60(18)93)106-68(101)57-55(53)109-62(95)14-4-23(72)38(78)45(85)31(14)33-16(64(97)111-57)6-25(74)40(80)47(33)87/h1-9,29-30,53-58,67-91,100-101H,10-11H2. The lowest BCUT2D eigenvalue weighted by atomic mass is 9.91. The third-order valence-electron chi connectivity index (χ3n) is 18.0. The highest BCUT2D eigenvalue weighted by Gasteiger charge is 2.57. The summed E-state index contributed by atoms with van der Waals surface area (Å²) in [7, 11) is 0. The number of phenolic OH excluding ortho intramolecular Hbond substituents is 23. The largest absolute Gasteiger partial charge is 0.504 e. The molecule has 25 N–H and O–H groups in total. The highest BCUT2D eigenvalue weighted by atomic mass is 16.7. The zero-order valence-electron chi connectivity index (χ0n) is 54.8. The number of phenols is 23. The van der Waals surface area contributed by atoms with E-state index in [-0.39, 0.29) is 18.2 Å². The molecule has 0 bridgehead atoms. The molecule has 8 aromatic carbocycles. The molecular weight excluding hydrogens is 1520 g/mol. The van der Waals surface area contributed by atoms with Crippen LogP contribution in [0.5, 0.6) is 144 Å². The molecule has 0 aliphatic carbocycles. The lowest BCUT2D eigenvalue weighted by Crippen LogP contribution is -2.62. The first-order chi connectivity index (χ1) is 52.7. The molecule has 8 aromatic rings. The van der Waals surface area contributed by atoms with Gasteiger partial charge in [-0.15, -0.1) is 0 Å². The Morgan fingerprint density at radius 2 is 0.670 bits per heavy atom. The van der Waals surface area contributed by atoms with Crippen molar-refractivity contribution in [3.63, 3.8) is 0 Å². The summed E-state index contributed by atoms with van der Waals surface area (Å²) in [5.41, 5.74) is -17.0. The third-order valence-corrected chi connectivity index (χ3v) is 18.0. The van der Waals surface area contributed by atoms with Gasteiger partial charge in [0.2, 0.25) is 46.0 Å². The number of fused-ring (bicyclic) bond motifs is 13. The van der Waals surface area contributed by atoms with Crippen LogP contribution in [0.3, 0.4) is 0 Å². The van der Waals surface area contributed by atoms with E-state index in [1.165, 1.54) is 0 Å². The molecule has 584 valence electrons. The first kappa shape index (κ1) is 74.8. The number of esters is 8. The van der Waals surface area contributed by atoms with Crippen LogP contribution in [0, 0.1) is 0 Å². The van der Waals surface area contributed by atoms with Gasteiger partial charge in [0.1, 0.15) is 31.0 Å². The maximum atomic E-state index is 15.2. The van der Waals surface area contributed by atoms with Crippen molar-refractivity contribution in [2.75, 3.05) is 13.2 Å². The fraction of sp³-hybridized carbons (Fsp3) is 0.176. The molecule has 44 nitrogen and oxygen atoms in total. The molecule has 10 unspecified atom stereocenters. The third kappa shape index (κ3) is 12.0. The molecule has 0 saturated carbocycles. The average molecular weight is 1570 g/mol. The zero-order chi connectivity index (χ0) is 81.5. The van der Waals surface area contributed by atoms with Gasteiger partial charge in [-0.25, -0.2) is 38.4 Å². The number of ether oxygens (including phenoxy) is 11. The second kappa shape index (κ2) is 27.1. The molecule has 2 fully saturated rings. The predicted molar refractivity (Wildman–Crippen MR) is 344 cm³/mol. The van der Waals surface area contributed by atoms with Crippen LogP contribution in [-0.2, 0) is 47.4 Å². The molecule has 5 heterocycles. The van der Waals surface area contributed by atoms with E-state index in [2.05, 4.69) is 0 Å². The Labute approximate surface area is 614 Å². The van der Waals surface area contributed by atoms with E-state index >= 15 is 4.79 Å². The summed E-state index contributed by atoms with van der Waals surface area (Å²) >= 11 is 0. The summed E-state index contributed by atoms with van der Waals surface area (Å²) in [5, 5.41) is 275. The molecule has 0 radical (unpaired) electrons. The van der Waals surface area contributed by atoms with Crippen molar-refractivity contribution in [3.05, 3.63) is 99.1 Å². The summed E-state index contributed by atoms with van der Waals surface area (Å²) < 4.78 is 61.2. The Hall–Kier alpha value is -15.4. The van der Waals surface area contributed by atoms with E-state index in [1.807, 2.05) is 0 Å². The number of cyclic esters (lactones) is 1. The number of benzene rings is 8. The van der Waals surface area contributed by atoms with E-state index in [9.17, 15) is 161 Å². The minimum atomic E-state index is -2.76. The fourth-order valence-corrected chi connectivity index (χ4v) is 12.6. The molecule has 112 heavy (non-hydrogen) atoms. The predicted octanol–water partition coefficient (Wildman–Crippen LogP) is 1.75. The molecular formula is C68H48O44. The van der Waals surface area contributed by atoms with E-state index in [4.69, 9.17) is 52.1 Å². The number of rotatable bonds is 7. The Morgan fingerprint density at radius 3 is 1.09 bits per heavy atom. The van der Waals surface area contributed by atoms with Gasteiger partial charge in [-0.05, 0) is 42.5 Å². The Balaban J connectivity index is 0.904. The fourth-order valence-electron chi connectivity index (χ4n) is 12.6. The highest BCUT2D eigenvalue weighted by molar-refractivity contribution is 6.12. The monoisotopic (exact) mass is 1570 g/mol. The molecule has 13 rings (SSSR count). The van der Waals surface area contributed by atoms with Crippen LogP contribution in [0.25, 0.3) is 33.4 Å². The molecule has 5 aliphatic rings. The van der Waals surface area contributed by atoms with Crippen molar-refractivity contribution < 1.29 is 218 Å². The van der Waals surface area contributed by atoms with Crippen molar-refractivity contribution >= 4 is 47.8 Å². The van der Waals surface area contributed by atoms with Gasteiger partial charge < -0.3 is 180 Å². The lowest BCUT2D eigenvalue weighted by molar-refractivity contribution is -0.284. The molecule has 10 atom stereocenters. The second-order valence-electron chi connectivity index (χ2n) is 24.6. The van der Waals surface area contributed by atoms with Gasteiger partial charge in [0, 0.05) is 45.5 Å². The van der Waals surface area contributed by atoms with E-state index < -0.39 is 344 Å². The van der Waals surface area contributed by atoms with Gasteiger partial charge in [-0.1, -0.05) is 0 Å². The van der Waals surface area contributed by atoms with Gasteiger partial charge >= 0.3 is 47.8 Å². The van der Waals surface area contributed by atoms with Crippen molar-refractivity contribution in [1.82, 2.24) is 0 Å². The SMILES string of the molecule is O=C(OCC1OC(O)C2OC(=O)c3cc(O)c(O)c(O)c3-c3c(cc(O)c(O)c3O)C(=O)OC2C1OC(=O)c1cc(O)c(O)c(O)c1Oc1cc2c(c(O)c1O)-c1c(cc(O)c(O)c1O)C(=O)OC1C(COC2=O)OC(O)C2OC(=O)c3cc(O)c(O)c(O)c3-c3c(cc(O)c(O)c3O)C(=O)OC21)c1cc(O)c(O)c(O)c1. The average Bonchev–Trinajstić information content (AvgIpc) is 0.900. The quantitative estimate of drug-likeness (QED) is 0.0614. The zero-order valence-corrected chi connectivity index (χ0v) is 54.8. The lowest BCUT2D eigenvalue weighted by Gasteiger charge is -2.43. The van der Waals surface area contributed by atoms with Crippen LogP contribution in [0.4, 0.5) is 0 Å². The molecule has 44 heteroatoms. The van der Waals surface area contributed by atoms with Crippen LogP contribution < -0.4 is 4.74 Å². The molecule has 5 aliphatic heterocycles. The van der Waals surface area contributed by atoms with Crippen LogP contribution in [0.1, 0.15) is 82.9 Å². The summed E-state index contributed by atoms with van der Waals surface area (Å²) in [6.45, 7) is -2.88. The van der Waals surface area contributed by atoms with Crippen molar-refractivity contribution in [1.29, 1.82) is 0 Å². The van der Waals surface area contributed by atoms with Gasteiger partial charge in [0.25, 0.3) is 0 Å². The maximum absolute atomic E-state index is 15.2. The number of aliphatic hydroxyl groups excluding tert-OH is 2. The topological polar surface area (TPSA) is 744 Å². The van der Waals surface area contributed by atoms with Crippen molar-refractivity contribution in [2.45, 2.75) is 61.4 Å². The van der Waals surface area contributed by atoms with Crippen LogP contribution >= 0.6 is 0 Å². The normalized spacial score (nSPS) is 21.2. The highest BCUT2D eigenvalue weighted by Crippen LogP contribution is 2.59. The Morgan fingerprint density at radius 1 is 0.339 bits per heavy atom. The van der Waals surface area contributed by atoms with Crippen molar-refractivity contribution in [3.8, 4) is 177 Å². The number of hydrogen-bond acceptors (Lipinski definition) is 44. The van der Waals surface area contributed by atoms with Gasteiger partial charge in [-0.3, -0.25) is 0 Å². The maximum Gasteiger partial charge on any atom is 0.342 e. The van der Waals surface area contributed by atoms with Crippen LogP contribution in [0.15, 0.2) is 54.6 Å². The summed E-state index contributed by atoms with van der Waals surface area (Å²) in [5.74, 6) is -52.3. The van der Waals surface area contributed by atoms with E-state index in [0.29, 0.717) is 36.4 Å². The van der Waals surface area contributed by atoms with E-state index in [0.717, 1.165) is 0 Å². The number of aliphatic hydroxyl groups is 2. The van der Waals surface area contributed by atoms with Gasteiger partial charge in [0.05, 0.1) is 38.9 Å². The van der Waals surface area contributed by atoms with Gasteiger partial charge in [-0.2, -0.15) is 0 Å². The first-order valence-electron chi connectivity index (χ1n) is 31.2. The molecule has 0 aromatic heterocycles. The number of carbonyl (C=O) groups excluding carboxylic acids is 8. The second-order valence-corrected chi connectivity index (χ2v) is 24.6. The molecule has 0 amide bonds. The van der Waals surface area contributed by atoms with E-state index in [1.54, 1.807) is 0 Å². The Bertz CT molecular complexity index is 5480. The minimum Gasteiger partial charge on any atom is -0.504 e. The van der Waals surface area contributed by atoms with Crippen molar-refractivity contribution in [2.24, 2.45) is 0 Å². The number of carbonyl (C=O) groups is 8. The first-order valence-corrected chi connectivity index (χ1v) is 31.2. The Kier molecular flexibility index (Phi) is 18.1. The number of aromatic hydroxyl groups is 23. The molecule has 0 spiro atoms. The summed E-state index contributed by atoms with van der Waals surface area (Å²) in [6, 6.07) is 3.15. The van der Waals surface area contributed by atoms with Gasteiger partial charge in [0.15, 0.2) is 147 Å². The minimum absolute atomic E-state index is 0.167. The molecule has 2 saturated heterocycles. The number of hydrogen-bond donors (Lipinski definition) is 25. The van der Waals surface area contributed by atoms with Crippen LogP contribution in [-0.4, -0.2) is 250 Å².